The Morgan fingerprint density at radius 3 is 2.82 bits per heavy atom. The fourth-order valence-corrected chi connectivity index (χ4v) is 1.09. The molecule has 1 aliphatic rings. The first-order valence-corrected chi connectivity index (χ1v) is 3.85. The molecule has 1 fully saturated rings. The van der Waals surface area contributed by atoms with Crippen molar-refractivity contribution in [2.45, 2.75) is 13.8 Å². The maximum atomic E-state index is 11.0. The van der Waals surface area contributed by atoms with Gasteiger partial charge in [0.1, 0.15) is 0 Å². The van der Waals surface area contributed by atoms with Crippen LogP contribution in [0.2, 0.25) is 0 Å². The zero-order chi connectivity index (χ0) is 8.27. The lowest BCUT2D eigenvalue weighted by atomic mass is 10.0. The smallest absolute Gasteiger partial charge is 0.227 e. The van der Waals surface area contributed by atoms with Gasteiger partial charge in [-0.05, 0) is 19.4 Å². The van der Waals surface area contributed by atoms with Crippen molar-refractivity contribution in [3.8, 4) is 0 Å². The Morgan fingerprint density at radius 1 is 1.64 bits per heavy atom. The highest BCUT2D eigenvalue weighted by molar-refractivity contribution is 5.84. The van der Waals surface area contributed by atoms with E-state index in [4.69, 9.17) is 0 Å². The summed E-state index contributed by atoms with van der Waals surface area (Å²) in [5.74, 6) is 0.201. The molecule has 1 heterocycles. The molecule has 2 heteroatoms. The van der Waals surface area contributed by atoms with Gasteiger partial charge in [-0.3, -0.25) is 4.79 Å². The number of amides is 1. The van der Waals surface area contributed by atoms with Crippen LogP contribution in [0.5, 0.6) is 0 Å². The second-order valence-electron chi connectivity index (χ2n) is 2.71. The van der Waals surface area contributed by atoms with Gasteiger partial charge in [-0.15, -0.1) is 0 Å². The summed E-state index contributed by atoms with van der Waals surface area (Å²) in [6.45, 7) is 4.61. The van der Waals surface area contributed by atoms with Crippen molar-refractivity contribution in [1.82, 2.24) is 5.32 Å². The molecule has 0 aromatic carbocycles. The fourth-order valence-electron chi connectivity index (χ4n) is 1.09. The molecule has 1 aliphatic heterocycles. The molecule has 0 saturated carbocycles. The normalized spacial score (nSPS) is 28.4. The van der Waals surface area contributed by atoms with Crippen molar-refractivity contribution in [3.63, 3.8) is 0 Å². The molecule has 11 heavy (non-hydrogen) atoms. The molecule has 0 spiro atoms. The second-order valence-corrected chi connectivity index (χ2v) is 2.71. The predicted octanol–water partition coefficient (Wildman–Crippen LogP) is 1.25. The van der Waals surface area contributed by atoms with E-state index in [-0.39, 0.29) is 11.8 Å². The Kier molecular flexibility index (Phi) is 2.47. The van der Waals surface area contributed by atoms with Crippen molar-refractivity contribution in [2.75, 3.05) is 6.54 Å². The van der Waals surface area contributed by atoms with Crippen LogP contribution in [0.25, 0.3) is 0 Å². The minimum atomic E-state index is 0.0613. The van der Waals surface area contributed by atoms with E-state index >= 15 is 0 Å². The van der Waals surface area contributed by atoms with E-state index in [2.05, 4.69) is 5.32 Å². The van der Waals surface area contributed by atoms with E-state index in [0.29, 0.717) is 6.54 Å². The molecule has 1 atom stereocenters. The number of carbonyl (C=O) groups is 1. The highest BCUT2D eigenvalue weighted by Crippen LogP contribution is 2.15. The standard InChI is InChI=1S/C9H13NO/c1-3-4-5-8-6-10-9(11)7(8)2/h3-5,7H,6H2,1-2H3,(H,10,11)/b4-3+,8-5-. The third-order valence-electron chi connectivity index (χ3n) is 1.92. The van der Waals surface area contributed by atoms with Crippen LogP contribution in [-0.2, 0) is 4.79 Å². The molecule has 0 radical (unpaired) electrons. The van der Waals surface area contributed by atoms with Gasteiger partial charge < -0.3 is 5.32 Å². The van der Waals surface area contributed by atoms with E-state index < -0.39 is 0 Å². The SMILES string of the molecule is C/C=C/C=C1/CNC(=O)C1C. The topological polar surface area (TPSA) is 29.1 Å². The highest BCUT2D eigenvalue weighted by atomic mass is 16.2. The van der Waals surface area contributed by atoms with Gasteiger partial charge >= 0.3 is 0 Å². The maximum absolute atomic E-state index is 11.0. The molecular weight excluding hydrogens is 138 g/mol. The van der Waals surface area contributed by atoms with Crippen molar-refractivity contribution in [1.29, 1.82) is 0 Å². The summed E-state index contributed by atoms with van der Waals surface area (Å²) in [5, 5.41) is 2.79. The maximum Gasteiger partial charge on any atom is 0.227 e. The Morgan fingerprint density at radius 2 is 2.36 bits per heavy atom. The number of rotatable bonds is 1. The number of hydrogen-bond acceptors (Lipinski definition) is 1. The summed E-state index contributed by atoms with van der Waals surface area (Å²) in [6, 6.07) is 0. The largest absolute Gasteiger partial charge is 0.352 e. The molecule has 2 nitrogen and oxygen atoms in total. The van der Waals surface area contributed by atoms with E-state index in [9.17, 15) is 4.79 Å². The van der Waals surface area contributed by atoms with Crippen molar-refractivity contribution in [3.05, 3.63) is 23.8 Å². The molecule has 0 aliphatic carbocycles. The first-order chi connectivity index (χ1) is 5.25. The molecule has 0 aromatic rings. The van der Waals surface area contributed by atoms with Crippen molar-refractivity contribution < 1.29 is 4.79 Å². The third-order valence-corrected chi connectivity index (χ3v) is 1.92. The minimum absolute atomic E-state index is 0.0613. The van der Waals surface area contributed by atoms with Gasteiger partial charge in [0, 0.05) is 6.54 Å². The lowest BCUT2D eigenvalue weighted by Crippen LogP contribution is -2.16. The van der Waals surface area contributed by atoms with Crippen molar-refractivity contribution in [2.24, 2.45) is 5.92 Å². The lowest BCUT2D eigenvalue weighted by Gasteiger charge is -1.97. The third kappa shape index (κ3) is 1.70. The zero-order valence-electron chi connectivity index (χ0n) is 6.92. The monoisotopic (exact) mass is 151 g/mol. The molecule has 1 unspecified atom stereocenters. The number of allylic oxidation sites excluding steroid dienone is 3. The Bertz CT molecular complexity index is 216. The minimum Gasteiger partial charge on any atom is -0.352 e. The molecule has 0 bridgehead atoms. The summed E-state index contributed by atoms with van der Waals surface area (Å²) >= 11 is 0. The van der Waals surface area contributed by atoms with Gasteiger partial charge in [-0.2, -0.15) is 0 Å². The Balaban J connectivity index is 2.68. The van der Waals surface area contributed by atoms with Crippen LogP contribution >= 0.6 is 0 Å². The van der Waals surface area contributed by atoms with Crippen LogP contribution in [-0.4, -0.2) is 12.5 Å². The van der Waals surface area contributed by atoms with Crippen LogP contribution in [0.1, 0.15) is 13.8 Å². The van der Waals surface area contributed by atoms with Crippen LogP contribution in [0, 0.1) is 5.92 Å². The van der Waals surface area contributed by atoms with Gasteiger partial charge in [0.25, 0.3) is 0 Å². The van der Waals surface area contributed by atoms with Gasteiger partial charge in [0.05, 0.1) is 5.92 Å². The molecule has 1 saturated heterocycles. The van der Waals surface area contributed by atoms with E-state index in [1.54, 1.807) is 0 Å². The number of hydrogen-bond donors (Lipinski definition) is 1. The summed E-state index contributed by atoms with van der Waals surface area (Å²) in [7, 11) is 0. The van der Waals surface area contributed by atoms with E-state index in [0.717, 1.165) is 0 Å². The van der Waals surface area contributed by atoms with Crippen LogP contribution in [0.4, 0.5) is 0 Å². The van der Waals surface area contributed by atoms with Gasteiger partial charge in [0.2, 0.25) is 5.91 Å². The quantitative estimate of drug-likeness (QED) is 0.600. The average molecular weight is 151 g/mol. The molecule has 0 aromatic heterocycles. The first-order valence-electron chi connectivity index (χ1n) is 3.85. The highest BCUT2D eigenvalue weighted by Gasteiger charge is 2.23. The first kappa shape index (κ1) is 8.05. The molecule has 1 N–H and O–H groups in total. The molecular formula is C9H13NO. The second kappa shape index (κ2) is 3.37. The van der Waals surface area contributed by atoms with Crippen LogP contribution in [0.15, 0.2) is 23.8 Å². The zero-order valence-corrected chi connectivity index (χ0v) is 6.92. The Labute approximate surface area is 67.0 Å². The summed E-state index contributed by atoms with van der Waals surface area (Å²) < 4.78 is 0. The van der Waals surface area contributed by atoms with Gasteiger partial charge in [-0.25, -0.2) is 0 Å². The summed E-state index contributed by atoms with van der Waals surface area (Å²) in [6.07, 6.45) is 5.93. The van der Waals surface area contributed by atoms with Crippen LogP contribution in [0.3, 0.4) is 0 Å². The predicted molar refractivity (Wildman–Crippen MR) is 45.1 cm³/mol. The van der Waals surface area contributed by atoms with Crippen molar-refractivity contribution >= 4 is 5.91 Å². The van der Waals surface area contributed by atoms with Crippen LogP contribution < -0.4 is 5.32 Å². The number of carbonyl (C=O) groups excluding carboxylic acids is 1. The molecule has 1 amide bonds. The summed E-state index contributed by atoms with van der Waals surface area (Å²) in [5.41, 5.74) is 1.17. The average Bonchev–Trinajstić information content (AvgIpc) is 2.31. The fraction of sp³-hybridized carbons (Fsp3) is 0.444. The lowest BCUT2D eigenvalue weighted by molar-refractivity contribution is -0.121. The van der Waals surface area contributed by atoms with E-state index in [1.165, 1.54) is 5.57 Å². The van der Waals surface area contributed by atoms with E-state index in [1.807, 2.05) is 32.1 Å². The van der Waals surface area contributed by atoms with Gasteiger partial charge in [-0.1, -0.05) is 18.2 Å². The van der Waals surface area contributed by atoms with Gasteiger partial charge in [0.15, 0.2) is 0 Å². The summed E-state index contributed by atoms with van der Waals surface area (Å²) in [4.78, 5) is 11.0. The molecule has 60 valence electrons. The molecule has 1 rings (SSSR count). The number of nitrogens with one attached hydrogen (secondary N) is 1. The Hall–Kier alpha value is -1.05.